The Bertz CT molecular complexity index is 534. The number of likely N-dealkylation sites (tertiary alicyclic amines) is 1. The van der Waals surface area contributed by atoms with Gasteiger partial charge in [-0.25, -0.2) is 4.79 Å². The van der Waals surface area contributed by atoms with Gasteiger partial charge in [0, 0.05) is 12.1 Å². The third kappa shape index (κ3) is 6.67. The van der Waals surface area contributed by atoms with Crippen molar-refractivity contribution in [2.45, 2.75) is 64.3 Å². The van der Waals surface area contributed by atoms with Crippen molar-refractivity contribution >= 4 is 6.09 Å². The molecule has 0 radical (unpaired) electrons. The van der Waals surface area contributed by atoms with Crippen LogP contribution >= 0.6 is 0 Å². The summed E-state index contributed by atoms with van der Waals surface area (Å²) in [4.78, 5) is 14.5. The smallest absolute Gasteiger partial charge is 0.407 e. The Kier molecular flexibility index (Phi) is 6.85. The van der Waals surface area contributed by atoms with Crippen LogP contribution in [0, 0.1) is 0 Å². The Morgan fingerprint density at radius 2 is 1.80 bits per heavy atom. The van der Waals surface area contributed by atoms with Gasteiger partial charge in [0.25, 0.3) is 0 Å². The van der Waals surface area contributed by atoms with Gasteiger partial charge in [-0.3, -0.25) is 0 Å². The number of nitrogens with one attached hydrogen (secondary N) is 2. The summed E-state index contributed by atoms with van der Waals surface area (Å²) in [6, 6.07) is 10.8. The molecule has 0 aliphatic carbocycles. The molecular weight excluding hydrogens is 314 g/mol. The molecule has 1 aromatic rings. The maximum absolute atomic E-state index is 12.2. The molecule has 1 saturated heterocycles. The van der Waals surface area contributed by atoms with Crippen molar-refractivity contribution in [2.24, 2.45) is 0 Å². The second kappa shape index (κ2) is 8.68. The zero-order chi connectivity index (χ0) is 18.4. The lowest BCUT2D eigenvalue weighted by Gasteiger charge is -2.35. The molecule has 2 N–H and O–H groups in total. The SMILES string of the molecule is CC(NC(=O)OC(C)(C)C)C(NC1CCN(C)CC1)c1ccccc1. The van der Waals surface area contributed by atoms with Crippen LogP contribution < -0.4 is 10.6 Å². The summed E-state index contributed by atoms with van der Waals surface area (Å²) in [5.41, 5.74) is 0.693. The number of benzene rings is 1. The Morgan fingerprint density at radius 3 is 2.36 bits per heavy atom. The average Bonchev–Trinajstić information content (AvgIpc) is 2.53. The van der Waals surface area contributed by atoms with Crippen molar-refractivity contribution < 1.29 is 9.53 Å². The molecule has 1 amide bonds. The van der Waals surface area contributed by atoms with Gasteiger partial charge in [-0.1, -0.05) is 30.3 Å². The molecule has 1 aliphatic rings. The minimum atomic E-state index is -0.493. The maximum atomic E-state index is 12.2. The molecule has 1 heterocycles. The van der Waals surface area contributed by atoms with Gasteiger partial charge < -0.3 is 20.3 Å². The molecule has 140 valence electrons. The van der Waals surface area contributed by atoms with Gasteiger partial charge in [0.2, 0.25) is 0 Å². The highest BCUT2D eigenvalue weighted by Crippen LogP contribution is 2.21. The first kappa shape index (κ1) is 19.7. The van der Waals surface area contributed by atoms with Crippen molar-refractivity contribution in [1.29, 1.82) is 0 Å². The van der Waals surface area contributed by atoms with E-state index in [0.29, 0.717) is 6.04 Å². The fourth-order valence-corrected chi connectivity index (χ4v) is 3.20. The Labute approximate surface area is 152 Å². The van der Waals surface area contributed by atoms with E-state index in [4.69, 9.17) is 4.74 Å². The van der Waals surface area contributed by atoms with E-state index in [-0.39, 0.29) is 18.2 Å². The highest BCUT2D eigenvalue weighted by Gasteiger charge is 2.27. The van der Waals surface area contributed by atoms with Gasteiger partial charge in [0.15, 0.2) is 0 Å². The summed E-state index contributed by atoms with van der Waals surface area (Å²) >= 11 is 0. The van der Waals surface area contributed by atoms with Crippen molar-refractivity contribution in [3.05, 3.63) is 35.9 Å². The summed E-state index contributed by atoms with van der Waals surface area (Å²) in [6.07, 6.45) is 1.88. The average molecular weight is 348 g/mol. The van der Waals surface area contributed by atoms with E-state index < -0.39 is 5.60 Å². The quantitative estimate of drug-likeness (QED) is 0.858. The predicted molar refractivity (Wildman–Crippen MR) is 102 cm³/mol. The summed E-state index contributed by atoms with van der Waals surface area (Å²) in [7, 11) is 2.16. The van der Waals surface area contributed by atoms with Crippen LogP contribution in [0.15, 0.2) is 30.3 Å². The largest absolute Gasteiger partial charge is 0.444 e. The monoisotopic (exact) mass is 347 g/mol. The lowest BCUT2D eigenvalue weighted by atomic mass is 9.97. The lowest BCUT2D eigenvalue weighted by molar-refractivity contribution is 0.0494. The van der Waals surface area contributed by atoms with E-state index in [2.05, 4.69) is 34.7 Å². The molecule has 5 nitrogen and oxygen atoms in total. The van der Waals surface area contributed by atoms with E-state index >= 15 is 0 Å². The number of nitrogens with zero attached hydrogens (tertiary/aromatic N) is 1. The first-order valence-electron chi connectivity index (χ1n) is 9.23. The second-order valence-corrected chi connectivity index (χ2v) is 8.07. The van der Waals surface area contributed by atoms with Crippen LogP contribution in [0.25, 0.3) is 0 Å². The van der Waals surface area contributed by atoms with E-state index in [1.165, 1.54) is 5.56 Å². The molecule has 1 aliphatic heterocycles. The van der Waals surface area contributed by atoms with Crippen molar-refractivity contribution in [2.75, 3.05) is 20.1 Å². The van der Waals surface area contributed by atoms with Gasteiger partial charge >= 0.3 is 6.09 Å². The van der Waals surface area contributed by atoms with Gasteiger partial charge in [0.05, 0.1) is 6.04 Å². The number of piperidine rings is 1. The van der Waals surface area contributed by atoms with Gasteiger partial charge in [-0.05, 0) is 66.2 Å². The number of hydrogen-bond donors (Lipinski definition) is 2. The van der Waals surface area contributed by atoms with E-state index in [1.807, 2.05) is 45.9 Å². The zero-order valence-electron chi connectivity index (χ0n) is 16.2. The standard InChI is InChI=1S/C20H33N3O2/c1-15(21-19(24)25-20(2,3)4)18(16-9-7-6-8-10-16)22-17-11-13-23(5)14-12-17/h6-10,15,17-18,22H,11-14H2,1-5H3,(H,21,24). The number of ether oxygens (including phenoxy) is 1. The molecule has 2 unspecified atom stereocenters. The number of amides is 1. The molecular formula is C20H33N3O2. The van der Waals surface area contributed by atoms with Gasteiger partial charge in [-0.15, -0.1) is 0 Å². The molecule has 25 heavy (non-hydrogen) atoms. The second-order valence-electron chi connectivity index (χ2n) is 8.07. The lowest BCUT2D eigenvalue weighted by Crippen LogP contribution is -2.49. The number of alkyl carbamates (subject to hydrolysis) is 1. The molecule has 1 aromatic carbocycles. The van der Waals surface area contributed by atoms with Gasteiger partial charge in [0.1, 0.15) is 5.60 Å². The van der Waals surface area contributed by atoms with Crippen molar-refractivity contribution in [1.82, 2.24) is 15.5 Å². The molecule has 0 bridgehead atoms. The molecule has 5 heteroatoms. The van der Waals surface area contributed by atoms with E-state index in [9.17, 15) is 4.79 Å². The first-order chi connectivity index (χ1) is 11.7. The summed E-state index contributed by atoms with van der Waals surface area (Å²) < 4.78 is 5.41. The number of carbonyl (C=O) groups is 1. The normalized spacial score (nSPS) is 19.2. The summed E-state index contributed by atoms with van der Waals surface area (Å²) in [5.74, 6) is 0. The third-order valence-corrected chi connectivity index (χ3v) is 4.54. The zero-order valence-corrected chi connectivity index (χ0v) is 16.2. The molecule has 2 rings (SSSR count). The topological polar surface area (TPSA) is 53.6 Å². The van der Waals surface area contributed by atoms with Crippen LogP contribution in [0.2, 0.25) is 0 Å². The van der Waals surface area contributed by atoms with Crippen LogP contribution in [0.5, 0.6) is 0 Å². The van der Waals surface area contributed by atoms with E-state index in [1.54, 1.807) is 0 Å². The van der Waals surface area contributed by atoms with Crippen LogP contribution in [-0.4, -0.2) is 48.8 Å². The molecule has 0 spiro atoms. The summed E-state index contributed by atoms with van der Waals surface area (Å²) in [5, 5.41) is 6.76. The van der Waals surface area contributed by atoms with Crippen molar-refractivity contribution in [3.8, 4) is 0 Å². The minimum Gasteiger partial charge on any atom is -0.444 e. The van der Waals surface area contributed by atoms with E-state index in [0.717, 1.165) is 25.9 Å². The Morgan fingerprint density at radius 1 is 1.20 bits per heavy atom. The van der Waals surface area contributed by atoms with Crippen LogP contribution in [0.3, 0.4) is 0 Å². The number of hydrogen-bond acceptors (Lipinski definition) is 4. The van der Waals surface area contributed by atoms with Crippen LogP contribution in [-0.2, 0) is 4.74 Å². The number of rotatable bonds is 5. The number of carbonyl (C=O) groups excluding carboxylic acids is 1. The molecule has 2 atom stereocenters. The van der Waals surface area contributed by atoms with Gasteiger partial charge in [-0.2, -0.15) is 0 Å². The summed E-state index contributed by atoms with van der Waals surface area (Å²) in [6.45, 7) is 9.87. The molecule has 0 aromatic heterocycles. The third-order valence-electron chi connectivity index (χ3n) is 4.54. The minimum absolute atomic E-state index is 0.0575. The maximum Gasteiger partial charge on any atom is 0.407 e. The Hall–Kier alpha value is -1.59. The highest BCUT2D eigenvalue weighted by atomic mass is 16.6. The fourth-order valence-electron chi connectivity index (χ4n) is 3.20. The first-order valence-corrected chi connectivity index (χ1v) is 9.23. The molecule has 0 saturated carbocycles. The van der Waals surface area contributed by atoms with Crippen LogP contribution in [0.1, 0.15) is 52.1 Å². The Balaban J connectivity index is 2.05. The predicted octanol–water partition coefficient (Wildman–Crippen LogP) is 3.32. The molecule has 1 fully saturated rings. The van der Waals surface area contributed by atoms with Crippen LogP contribution in [0.4, 0.5) is 4.79 Å². The highest BCUT2D eigenvalue weighted by molar-refractivity contribution is 5.68. The fraction of sp³-hybridized carbons (Fsp3) is 0.650. The van der Waals surface area contributed by atoms with Crippen molar-refractivity contribution in [3.63, 3.8) is 0 Å².